The minimum atomic E-state index is -4.71. The number of anilines is 1. The average molecular weight is 476 g/mol. The van der Waals surface area contributed by atoms with Gasteiger partial charge in [0, 0.05) is 10.7 Å². The Hall–Kier alpha value is -1.52. The van der Waals surface area contributed by atoms with Gasteiger partial charge in [0.15, 0.2) is 0 Å². The second-order valence-electron chi connectivity index (χ2n) is 5.60. The second kappa shape index (κ2) is 8.46. The number of carbonyl (C=O) groups excluding carboxylic acids is 1. The van der Waals surface area contributed by atoms with Crippen LogP contribution in [0.3, 0.4) is 0 Å². The van der Waals surface area contributed by atoms with Crippen LogP contribution < -0.4 is 10.0 Å². The van der Waals surface area contributed by atoms with Gasteiger partial charge in [-0.1, -0.05) is 34.8 Å². The molecule has 0 saturated carbocycles. The van der Waals surface area contributed by atoms with Gasteiger partial charge in [-0.2, -0.15) is 17.9 Å². The normalized spacial score (nSPS) is 13.2. The summed E-state index contributed by atoms with van der Waals surface area (Å²) < 4.78 is 65.6. The van der Waals surface area contributed by atoms with Gasteiger partial charge in [-0.15, -0.1) is 0 Å². The molecule has 12 heteroatoms. The fourth-order valence-electron chi connectivity index (χ4n) is 2.10. The molecule has 0 unspecified atom stereocenters. The molecule has 0 radical (unpaired) electrons. The van der Waals surface area contributed by atoms with Crippen LogP contribution in [0.15, 0.2) is 41.3 Å². The van der Waals surface area contributed by atoms with Crippen molar-refractivity contribution in [1.29, 1.82) is 0 Å². The molecule has 0 aliphatic carbocycles. The van der Waals surface area contributed by atoms with Gasteiger partial charge in [0.2, 0.25) is 15.9 Å². The summed E-state index contributed by atoms with van der Waals surface area (Å²) in [7, 11) is -4.22. The molecule has 28 heavy (non-hydrogen) atoms. The highest BCUT2D eigenvalue weighted by atomic mass is 35.5. The second-order valence-corrected chi connectivity index (χ2v) is 8.53. The zero-order chi connectivity index (χ0) is 21.3. The Labute approximate surface area is 173 Å². The maximum Gasteiger partial charge on any atom is 0.417 e. The SMILES string of the molecule is C[C@H](NS(=O)(=O)c1cc(Cl)ccc1Cl)C(=O)Nc1ccc(Cl)c(C(F)(F)F)c1. The first kappa shape index (κ1) is 22.8. The Morgan fingerprint density at radius 2 is 1.64 bits per heavy atom. The Kier molecular flexibility index (Phi) is 6.88. The van der Waals surface area contributed by atoms with Crippen LogP contribution in [0.25, 0.3) is 0 Å². The van der Waals surface area contributed by atoms with Crippen molar-refractivity contribution in [3.05, 3.63) is 57.0 Å². The number of benzene rings is 2. The standard InChI is InChI=1S/C16H12Cl3F3N2O3S/c1-8(24-28(26,27)14-6-9(17)2-4-13(14)19)15(25)23-10-3-5-12(18)11(7-10)16(20,21)22/h2-8,24H,1H3,(H,23,25)/t8-/m0/s1. The summed E-state index contributed by atoms with van der Waals surface area (Å²) in [4.78, 5) is 11.9. The molecule has 152 valence electrons. The molecule has 0 aliphatic rings. The average Bonchev–Trinajstić information content (AvgIpc) is 2.57. The van der Waals surface area contributed by atoms with Crippen molar-refractivity contribution in [1.82, 2.24) is 4.72 Å². The van der Waals surface area contributed by atoms with E-state index in [-0.39, 0.29) is 20.6 Å². The molecule has 0 saturated heterocycles. The molecular formula is C16H12Cl3F3N2O3S. The molecule has 1 atom stereocenters. The van der Waals surface area contributed by atoms with Crippen LogP contribution in [-0.4, -0.2) is 20.4 Å². The number of hydrogen-bond acceptors (Lipinski definition) is 3. The van der Waals surface area contributed by atoms with Crippen LogP contribution in [0.1, 0.15) is 12.5 Å². The van der Waals surface area contributed by atoms with E-state index in [1.807, 2.05) is 0 Å². The highest BCUT2D eigenvalue weighted by Crippen LogP contribution is 2.36. The molecule has 2 aromatic rings. The molecule has 1 amide bonds. The minimum Gasteiger partial charge on any atom is -0.325 e. The van der Waals surface area contributed by atoms with Crippen LogP contribution in [-0.2, 0) is 21.0 Å². The predicted molar refractivity (Wildman–Crippen MR) is 101 cm³/mol. The molecule has 0 spiro atoms. The van der Waals surface area contributed by atoms with Gasteiger partial charge in [0.1, 0.15) is 4.90 Å². The highest BCUT2D eigenvalue weighted by Gasteiger charge is 2.33. The molecule has 0 aromatic heterocycles. The van der Waals surface area contributed by atoms with Crippen LogP contribution in [0, 0.1) is 0 Å². The molecule has 2 aromatic carbocycles. The predicted octanol–water partition coefficient (Wildman–Crippen LogP) is 4.97. The van der Waals surface area contributed by atoms with Crippen molar-refractivity contribution in [2.45, 2.75) is 24.0 Å². The van der Waals surface area contributed by atoms with Crippen molar-refractivity contribution in [3.8, 4) is 0 Å². The fraction of sp³-hybridized carbons (Fsp3) is 0.188. The maximum absolute atomic E-state index is 12.9. The van der Waals surface area contributed by atoms with E-state index in [4.69, 9.17) is 34.8 Å². The van der Waals surface area contributed by atoms with E-state index in [0.29, 0.717) is 6.07 Å². The van der Waals surface area contributed by atoms with E-state index < -0.39 is 38.7 Å². The Bertz CT molecular complexity index is 1010. The van der Waals surface area contributed by atoms with Crippen molar-refractivity contribution in [2.24, 2.45) is 0 Å². The number of alkyl halides is 3. The summed E-state index contributed by atoms with van der Waals surface area (Å²) in [6.45, 7) is 1.21. The Balaban J connectivity index is 2.18. The number of hydrogen-bond donors (Lipinski definition) is 2. The first-order valence-electron chi connectivity index (χ1n) is 7.46. The molecule has 0 bridgehead atoms. The molecular weight excluding hydrogens is 464 g/mol. The Morgan fingerprint density at radius 3 is 2.25 bits per heavy atom. The number of rotatable bonds is 5. The van der Waals surface area contributed by atoms with E-state index in [1.165, 1.54) is 19.1 Å². The van der Waals surface area contributed by atoms with Crippen molar-refractivity contribution in [2.75, 3.05) is 5.32 Å². The van der Waals surface area contributed by atoms with Gasteiger partial charge >= 0.3 is 6.18 Å². The fourth-order valence-corrected chi connectivity index (χ4v) is 4.29. The van der Waals surface area contributed by atoms with Crippen LogP contribution >= 0.6 is 34.8 Å². The van der Waals surface area contributed by atoms with Gasteiger partial charge in [0.05, 0.1) is 21.7 Å². The molecule has 2 rings (SSSR count). The highest BCUT2D eigenvalue weighted by molar-refractivity contribution is 7.89. The molecule has 0 heterocycles. The zero-order valence-corrected chi connectivity index (χ0v) is 17.0. The molecule has 2 N–H and O–H groups in total. The van der Waals surface area contributed by atoms with E-state index >= 15 is 0 Å². The number of sulfonamides is 1. The summed E-state index contributed by atoms with van der Waals surface area (Å²) >= 11 is 17.1. The quantitative estimate of drug-likeness (QED) is 0.641. The number of amides is 1. The van der Waals surface area contributed by atoms with Crippen molar-refractivity contribution < 1.29 is 26.4 Å². The van der Waals surface area contributed by atoms with E-state index in [0.717, 1.165) is 18.2 Å². The first-order chi connectivity index (χ1) is 12.8. The number of nitrogens with one attached hydrogen (secondary N) is 2. The van der Waals surface area contributed by atoms with Gasteiger partial charge in [0.25, 0.3) is 0 Å². The number of carbonyl (C=O) groups is 1. The molecule has 0 fully saturated rings. The summed E-state index contributed by atoms with van der Waals surface area (Å²) in [5.41, 5.74) is -1.33. The van der Waals surface area contributed by atoms with Crippen LogP contribution in [0.2, 0.25) is 15.1 Å². The third-order valence-electron chi connectivity index (χ3n) is 3.45. The van der Waals surface area contributed by atoms with E-state index in [9.17, 15) is 26.4 Å². The third kappa shape index (κ3) is 5.51. The maximum atomic E-state index is 12.9. The lowest BCUT2D eigenvalue weighted by Crippen LogP contribution is -2.41. The molecule has 5 nitrogen and oxygen atoms in total. The summed E-state index contributed by atoms with van der Waals surface area (Å²) in [6.07, 6.45) is -4.71. The number of halogens is 6. The Morgan fingerprint density at radius 1 is 1.04 bits per heavy atom. The summed E-state index contributed by atoms with van der Waals surface area (Å²) in [6, 6.07) is 5.21. The van der Waals surface area contributed by atoms with E-state index in [1.54, 1.807) is 0 Å². The van der Waals surface area contributed by atoms with Gasteiger partial charge in [-0.25, -0.2) is 8.42 Å². The third-order valence-corrected chi connectivity index (χ3v) is 6.03. The lowest BCUT2D eigenvalue weighted by molar-refractivity contribution is -0.137. The first-order valence-corrected chi connectivity index (χ1v) is 10.1. The van der Waals surface area contributed by atoms with Crippen molar-refractivity contribution in [3.63, 3.8) is 0 Å². The van der Waals surface area contributed by atoms with Crippen LogP contribution in [0.5, 0.6) is 0 Å². The minimum absolute atomic E-state index is 0.114. The van der Waals surface area contributed by atoms with Crippen LogP contribution in [0.4, 0.5) is 18.9 Å². The molecule has 0 aliphatic heterocycles. The smallest absolute Gasteiger partial charge is 0.325 e. The summed E-state index contributed by atoms with van der Waals surface area (Å²) in [5.74, 6) is -0.892. The van der Waals surface area contributed by atoms with Crippen molar-refractivity contribution >= 4 is 56.4 Å². The lowest BCUT2D eigenvalue weighted by atomic mass is 10.2. The zero-order valence-electron chi connectivity index (χ0n) is 13.9. The monoisotopic (exact) mass is 474 g/mol. The van der Waals surface area contributed by atoms with Gasteiger partial charge in [-0.3, -0.25) is 4.79 Å². The largest absolute Gasteiger partial charge is 0.417 e. The van der Waals surface area contributed by atoms with Gasteiger partial charge in [-0.05, 0) is 43.3 Å². The lowest BCUT2D eigenvalue weighted by Gasteiger charge is -2.16. The topological polar surface area (TPSA) is 75.3 Å². The summed E-state index contributed by atoms with van der Waals surface area (Å²) in [5, 5.41) is 1.67. The van der Waals surface area contributed by atoms with E-state index in [2.05, 4.69) is 10.0 Å². The van der Waals surface area contributed by atoms with Gasteiger partial charge < -0.3 is 5.32 Å².